The van der Waals surface area contributed by atoms with Gasteiger partial charge in [-0.15, -0.1) is 0 Å². The number of rotatable bonds is 5. The molecular weight excluding hydrogens is 422 g/mol. The average Bonchev–Trinajstić information content (AvgIpc) is 2.99. The fourth-order valence-electron chi connectivity index (χ4n) is 2.89. The normalized spacial score (nSPS) is 11.2. The van der Waals surface area contributed by atoms with E-state index in [1.165, 1.54) is 6.08 Å². The van der Waals surface area contributed by atoms with E-state index in [1.54, 1.807) is 29.0 Å². The van der Waals surface area contributed by atoms with Crippen molar-refractivity contribution in [1.82, 2.24) is 4.57 Å². The number of nitrogens with one attached hydrogen (secondary N) is 1. The summed E-state index contributed by atoms with van der Waals surface area (Å²) in [5.74, 6) is -1.50. The number of aryl methyl sites for hydroxylation is 1. The molecule has 28 heavy (non-hydrogen) atoms. The van der Waals surface area contributed by atoms with Crippen molar-refractivity contribution < 1.29 is 14.7 Å². The molecule has 0 unspecified atom stereocenters. The summed E-state index contributed by atoms with van der Waals surface area (Å²) in [4.78, 5) is 23.7. The number of halogens is 1. The predicted molar refractivity (Wildman–Crippen MR) is 111 cm³/mol. The maximum atomic E-state index is 12.6. The van der Waals surface area contributed by atoms with Gasteiger partial charge >= 0.3 is 5.97 Å². The first kappa shape index (κ1) is 19.4. The van der Waals surface area contributed by atoms with E-state index in [-0.39, 0.29) is 12.1 Å². The highest BCUT2D eigenvalue weighted by Crippen LogP contribution is 2.24. The van der Waals surface area contributed by atoms with Crippen LogP contribution in [0.5, 0.6) is 0 Å². The van der Waals surface area contributed by atoms with Crippen LogP contribution in [0.25, 0.3) is 17.0 Å². The summed E-state index contributed by atoms with van der Waals surface area (Å²) in [6.45, 7) is 1.69. The summed E-state index contributed by atoms with van der Waals surface area (Å²) >= 11 is 3.40. The fourth-order valence-corrected chi connectivity index (χ4v) is 3.14. The maximum absolute atomic E-state index is 12.6. The topological polar surface area (TPSA) is 95.1 Å². The summed E-state index contributed by atoms with van der Waals surface area (Å²) < 4.78 is 2.50. The zero-order valence-corrected chi connectivity index (χ0v) is 16.5. The van der Waals surface area contributed by atoms with Gasteiger partial charge in [-0.1, -0.05) is 34.1 Å². The minimum atomic E-state index is -0.972. The molecule has 0 bridgehead atoms. The molecule has 0 fully saturated rings. The Morgan fingerprint density at radius 1 is 1.29 bits per heavy atom. The fraction of sp³-hybridized carbons (Fsp3) is 0.0952. The monoisotopic (exact) mass is 437 g/mol. The van der Waals surface area contributed by atoms with Gasteiger partial charge in [0.2, 0.25) is 0 Å². The number of carboxylic acid groups (broad SMARTS) is 1. The van der Waals surface area contributed by atoms with Crippen molar-refractivity contribution in [2.75, 3.05) is 5.32 Å². The lowest BCUT2D eigenvalue weighted by Crippen LogP contribution is -2.13. The zero-order chi connectivity index (χ0) is 20.3. The van der Waals surface area contributed by atoms with Crippen molar-refractivity contribution >= 4 is 50.5 Å². The number of nitrogens with zero attached hydrogens (tertiary/aromatic N) is 2. The van der Waals surface area contributed by atoms with Crippen LogP contribution in [0.2, 0.25) is 0 Å². The molecule has 0 saturated heterocycles. The number of carbonyl (C=O) groups is 2. The van der Waals surface area contributed by atoms with Crippen LogP contribution in [0.1, 0.15) is 11.1 Å². The van der Waals surface area contributed by atoms with Crippen LogP contribution in [0, 0.1) is 18.3 Å². The minimum absolute atomic E-state index is 0.0706. The predicted octanol–water partition coefficient (Wildman–Crippen LogP) is 4.34. The molecule has 2 N–H and O–H groups in total. The third kappa shape index (κ3) is 4.13. The Bertz CT molecular complexity index is 1160. The molecule has 1 aromatic heterocycles. The summed E-state index contributed by atoms with van der Waals surface area (Å²) in [5.41, 5.74) is 2.80. The van der Waals surface area contributed by atoms with Crippen LogP contribution >= 0.6 is 15.9 Å². The second-order valence-corrected chi connectivity index (χ2v) is 7.07. The molecule has 0 aliphatic rings. The minimum Gasteiger partial charge on any atom is -0.480 e. The maximum Gasteiger partial charge on any atom is 0.323 e. The van der Waals surface area contributed by atoms with E-state index >= 15 is 0 Å². The van der Waals surface area contributed by atoms with Gasteiger partial charge in [-0.2, -0.15) is 5.26 Å². The molecule has 140 valence electrons. The highest BCUT2D eigenvalue weighted by Gasteiger charge is 2.14. The van der Waals surface area contributed by atoms with E-state index in [1.807, 2.05) is 37.3 Å². The van der Waals surface area contributed by atoms with Gasteiger partial charge in [0.05, 0.1) is 0 Å². The molecule has 0 saturated carbocycles. The molecule has 2 aromatic carbocycles. The number of benzene rings is 2. The number of aromatic nitrogens is 1. The second kappa shape index (κ2) is 8.11. The van der Waals surface area contributed by atoms with E-state index in [0.717, 1.165) is 20.9 Å². The van der Waals surface area contributed by atoms with Gasteiger partial charge in [-0.3, -0.25) is 9.59 Å². The third-order valence-corrected chi connectivity index (χ3v) is 5.10. The number of aliphatic carboxylic acids is 1. The highest BCUT2D eigenvalue weighted by molar-refractivity contribution is 9.10. The van der Waals surface area contributed by atoms with Gasteiger partial charge in [0, 0.05) is 32.8 Å². The number of nitriles is 1. The van der Waals surface area contributed by atoms with Crippen LogP contribution in [0.4, 0.5) is 5.69 Å². The lowest BCUT2D eigenvalue weighted by Gasteiger charge is -2.06. The van der Waals surface area contributed by atoms with Crippen LogP contribution < -0.4 is 5.32 Å². The number of hydrogen-bond donors (Lipinski definition) is 2. The van der Waals surface area contributed by atoms with Crippen molar-refractivity contribution in [3.05, 3.63) is 69.8 Å². The first-order valence-corrected chi connectivity index (χ1v) is 9.17. The highest BCUT2D eigenvalue weighted by atomic mass is 79.9. The van der Waals surface area contributed by atoms with Crippen molar-refractivity contribution in [3.8, 4) is 6.07 Å². The number of para-hydroxylation sites is 1. The van der Waals surface area contributed by atoms with Gasteiger partial charge in [0.1, 0.15) is 18.2 Å². The Morgan fingerprint density at radius 3 is 2.71 bits per heavy atom. The number of amides is 1. The quantitative estimate of drug-likeness (QED) is 0.458. The Hall–Kier alpha value is -3.37. The van der Waals surface area contributed by atoms with Crippen LogP contribution in [-0.2, 0) is 16.1 Å². The zero-order valence-electron chi connectivity index (χ0n) is 14.9. The van der Waals surface area contributed by atoms with Crippen LogP contribution in [0.15, 0.2) is 58.7 Å². The number of hydrogen-bond acceptors (Lipinski definition) is 3. The third-order valence-electron chi connectivity index (χ3n) is 4.21. The molecular formula is C21H16BrN3O3. The number of carbonyl (C=O) groups excluding carboxylic acids is 1. The van der Waals surface area contributed by atoms with Crippen molar-refractivity contribution in [2.24, 2.45) is 0 Å². The second-order valence-electron chi connectivity index (χ2n) is 6.21. The summed E-state index contributed by atoms with van der Waals surface area (Å²) in [6, 6.07) is 14.5. The van der Waals surface area contributed by atoms with Crippen molar-refractivity contribution in [2.45, 2.75) is 13.5 Å². The number of carboxylic acids is 1. The van der Waals surface area contributed by atoms with E-state index in [4.69, 9.17) is 5.11 Å². The summed E-state index contributed by atoms with van der Waals surface area (Å²) in [6.07, 6.45) is 3.11. The number of anilines is 1. The van der Waals surface area contributed by atoms with Gasteiger partial charge in [-0.05, 0) is 42.8 Å². The molecule has 0 atom stereocenters. The van der Waals surface area contributed by atoms with Gasteiger partial charge < -0.3 is 15.0 Å². The van der Waals surface area contributed by atoms with Gasteiger partial charge in [-0.25, -0.2) is 0 Å². The molecule has 0 spiro atoms. The largest absolute Gasteiger partial charge is 0.480 e. The first-order valence-electron chi connectivity index (χ1n) is 8.38. The Morgan fingerprint density at radius 2 is 2.04 bits per heavy atom. The van der Waals surface area contributed by atoms with Gasteiger partial charge in [0.25, 0.3) is 5.91 Å². The lowest BCUT2D eigenvalue weighted by molar-refractivity contribution is -0.137. The number of fused-ring (bicyclic) bond motifs is 1. The average molecular weight is 438 g/mol. The molecule has 3 aromatic rings. The van der Waals surface area contributed by atoms with E-state index in [2.05, 4.69) is 21.2 Å². The lowest BCUT2D eigenvalue weighted by atomic mass is 10.1. The molecule has 7 heteroatoms. The van der Waals surface area contributed by atoms with Crippen LogP contribution in [-0.4, -0.2) is 21.6 Å². The SMILES string of the molecule is Cc1cc(NC(=O)/C(C#N)=C/c2cn(CC(=O)O)c3ccccc23)ccc1Br. The van der Waals surface area contributed by atoms with E-state index < -0.39 is 11.9 Å². The smallest absolute Gasteiger partial charge is 0.323 e. The standard InChI is InChI=1S/C21H16BrN3O3/c1-13-8-16(6-7-18(13)22)24-21(28)14(10-23)9-15-11-25(12-20(26)27)19-5-3-2-4-17(15)19/h2-9,11H,12H2,1H3,(H,24,28)(H,26,27)/b14-9+. The molecule has 0 aliphatic heterocycles. The first-order chi connectivity index (χ1) is 13.4. The Balaban J connectivity index is 1.96. The van der Waals surface area contributed by atoms with Crippen molar-refractivity contribution in [1.29, 1.82) is 5.26 Å². The molecule has 1 heterocycles. The Labute approximate surface area is 169 Å². The molecule has 0 aliphatic carbocycles. The van der Waals surface area contributed by atoms with Crippen molar-refractivity contribution in [3.63, 3.8) is 0 Å². The Kier molecular flexibility index (Phi) is 5.62. The molecule has 6 nitrogen and oxygen atoms in total. The molecule has 3 rings (SSSR count). The summed E-state index contributed by atoms with van der Waals surface area (Å²) in [7, 11) is 0. The molecule has 0 radical (unpaired) electrons. The van der Waals surface area contributed by atoms with E-state index in [9.17, 15) is 14.9 Å². The van der Waals surface area contributed by atoms with E-state index in [0.29, 0.717) is 11.3 Å². The summed E-state index contributed by atoms with van der Waals surface area (Å²) in [5, 5.41) is 22.1. The van der Waals surface area contributed by atoms with Crippen LogP contribution in [0.3, 0.4) is 0 Å². The molecule has 1 amide bonds. The van der Waals surface area contributed by atoms with Gasteiger partial charge in [0.15, 0.2) is 0 Å².